The molecule has 0 aliphatic heterocycles. The van der Waals surface area contributed by atoms with Crippen molar-refractivity contribution >= 4 is 39.1 Å². The normalized spacial score (nSPS) is 14.5. The number of benzene rings is 3. The van der Waals surface area contributed by atoms with E-state index < -0.39 is 28.5 Å². The number of nitrogens with zero attached hydrogens (tertiary/aromatic N) is 2. The first-order chi connectivity index (χ1) is 19.1. The van der Waals surface area contributed by atoms with E-state index in [0.29, 0.717) is 16.3 Å². The number of carbonyl (C=O) groups is 2. The minimum atomic E-state index is -4.10. The van der Waals surface area contributed by atoms with Gasteiger partial charge in [-0.2, -0.15) is 0 Å². The van der Waals surface area contributed by atoms with E-state index in [2.05, 4.69) is 5.32 Å². The summed E-state index contributed by atoms with van der Waals surface area (Å²) in [6.45, 7) is 5.04. The number of aryl methyl sites for hydroxylation is 2. The minimum Gasteiger partial charge on any atom is -0.352 e. The summed E-state index contributed by atoms with van der Waals surface area (Å²) in [6.07, 6.45) is 3.96. The zero-order valence-electron chi connectivity index (χ0n) is 23.1. The number of para-hydroxylation sites is 1. The van der Waals surface area contributed by atoms with Crippen molar-refractivity contribution in [3.63, 3.8) is 0 Å². The number of halogens is 1. The first kappa shape index (κ1) is 29.6. The molecule has 212 valence electrons. The lowest BCUT2D eigenvalue weighted by atomic mass is 10.1. The first-order valence-corrected chi connectivity index (χ1v) is 15.4. The van der Waals surface area contributed by atoms with Crippen LogP contribution >= 0.6 is 11.6 Å². The zero-order valence-corrected chi connectivity index (χ0v) is 24.7. The van der Waals surface area contributed by atoms with Gasteiger partial charge in [0.05, 0.1) is 10.6 Å². The van der Waals surface area contributed by atoms with Gasteiger partial charge in [0.2, 0.25) is 11.8 Å². The number of carbonyl (C=O) groups excluding carboxylic acids is 2. The van der Waals surface area contributed by atoms with Crippen LogP contribution in [0.5, 0.6) is 0 Å². The third-order valence-electron chi connectivity index (χ3n) is 7.41. The van der Waals surface area contributed by atoms with Crippen LogP contribution in [0.1, 0.15) is 49.3 Å². The Morgan fingerprint density at radius 3 is 2.20 bits per heavy atom. The number of rotatable bonds is 10. The van der Waals surface area contributed by atoms with Crippen LogP contribution in [0, 0.1) is 13.8 Å². The molecule has 2 amide bonds. The average Bonchev–Trinajstić information content (AvgIpc) is 3.44. The average molecular weight is 582 g/mol. The Hall–Kier alpha value is -3.36. The molecule has 7 nitrogen and oxygen atoms in total. The molecule has 1 fully saturated rings. The molecule has 0 radical (unpaired) electrons. The number of anilines is 1. The Morgan fingerprint density at radius 2 is 1.57 bits per heavy atom. The molecule has 3 aromatic carbocycles. The van der Waals surface area contributed by atoms with Gasteiger partial charge in [0.15, 0.2) is 0 Å². The summed E-state index contributed by atoms with van der Waals surface area (Å²) in [5, 5.41) is 3.64. The van der Waals surface area contributed by atoms with Gasteiger partial charge in [0.25, 0.3) is 10.0 Å². The molecule has 3 aromatic rings. The second-order valence-corrected chi connectivity index (χ2v) is 12.7. The summed E-state index contributed by atoms with van der Waals surface area (Å²) < 4.78 is 29.0. The smallest absolute Gasteiger partial charge is 0.264 e. The second kappa shape index (κ2) is 12.9. The lowest BCUT2D eigenvalue weighted by Crippen LogP contribution is -2.52. The fraction of sp³-hybridized carbons (Fsp3) is 0.355. The lowest BCUT2D eigenvalue weighted by molar-refractivity contribution is -0.139. The lowest BCUT2D eigenvalue weighted by Gasteiger charge is -2.33. The number of hydrogen-bond donors (Lipinski definition) is 1. The Labute approximate surface area is 242 Å². The Kier molecular flexibility index (Phi) is 9.53. The molecule has 1 atom stereocenters. The van der Waals surface area contributed by atoms with Crippen molar-refractivity contribution in [2.75, 3.05) is 10.8 Å². The van der Waals surface area contributed by atoms with Gasteiger partial charge in [-0.3, -0.25) is 13.9 Å². The van der Waals surface area contributed by atoms with Gasteiger partial charge in [-0.25, -0.2) is 8.42 Å². The van der Waals surface area contributed by atoms with Crippen LogP contribution in [0.25, 0.3) is 0 Å². The molecule has 0 saturated heterocycles. The fourth-order valence-corrected chi connectivity index (χ4v) is 6.56. The SMILES string of the molecule is Cc1ccc(S(=O)(=O)N(CC(=O)N(Cc2ccc(Cl)cc2)C(C)C(=O)NC2CCCC2)c2ccccc2C)cc1. The van der Waals surface area contributed by atoms with Crippen molar-refractivity contribution in [1.29, 1.82) is 0 Å². The Morgan fingerprint density at radius 1 is 0.950 bits per heavy atom. The van der Waals surface area contributed by atoms with E-state index in [1.165, 1.54) is 4.90 Å². The molecule has 1 unspecified atom stereocenters. The molecule has 4 rings (SSSR count). The third-order valence-corrected chi connectivity index (χ3v) is 9.43. The van der Waals surface area contributed by atoms with Gasteiger partial charge in [0, 0.05) is 17.6 Å². The number of sulfonamides is 1. The highest BCUT2D eigenvalue weighted by Gasteiger charge is 2.33. The van der Waals surface area contributed by atoms with Gasteiger partial charge >= 0.3 is 0 Å². The van der Waals surface area contributed by atoms with Crippen LogP contribution in [-0.4, -0.2) is 43.8 Å². The molecule has 1 aliphatic rings. The molecule has 0 aromatic heterocycles. The van der Waals surface area contributed by atoms with Crippen LogP contribution in [-0.2, 0) is 26.2 Å². The van der Waals surface area contributed by atoms with Gasteiger partial charge in [-0.1, -0.05) is 72.5 Å². The van der Waals surface area contributed by atoms with E-state index in [0.717, 1.165) is 41.1 Å². The van der Waals surface area contributed by atoms with Gasteiger partial charge in [-0.05, 0) is 75.1 Å². The van der Waals surface area contributed by atoms with E-state index in [1.54, 1.807) is 80.6 Å². The standard InChI is InChI=1S/C31H36ClN3O4S/c1-22-12-18-28(19-13-22)40(38,39)35(29-11-7-4-8-23(29)2)21-30(36)34(20-25-14-16-26(32)17-15-25)24(3)31(37)33-27-9-5-6-10-27/h4,7-8,11-19,24,27H,5-6,9-10,20-21H2,1-3H3,(H,33,37). The monoisotopic (exact) mass is 581 g/mol. The number of hydrogen-bond acceptors (Lipinski definition) is 4. The summed E-state index contributed by atoms with van der Waals surface area (Å²) in [5.74, 6) is -0.735. The molecular formula is C31H36ClN3O4S. The molecule has 0 heterocycles. The fourth-order valence-electron chi connectivity index (χ4n) is 4.96. The second-order valence-electron chi connectivity index (χ2n) is 10.4. The summed E-state index contributed by atoms with van der Waals surface area (Å²) in [6, 6.07) is 19.9. The zero-order chi connectivity index (χ0) is 28.9. The highest BCUT2D eigenvalue weighted by molar-refractivity contribution is 7.92. The number of amides is 2. The maximum Gasteiger partial charge on any atom is 0.264 e. The molecule has 9 heteroatoms. The molecule has 0 spiro atoms. The third kappa shape index (κ3) is 7.04. The highest BCUT2D eigenvalue weighted by atomic mass is 35.5. The Balaban J connectivity index is 1.69. The van der Waals surface area contributed by atoms with E-state index in [9.17, 15) is 18.0 Å². The van der Waals surface area contributed by atoms with Crippen molar-refractivity contribution in [2.45, 2.75) is 70.0 Å². The summed E-state index contributed by atoms with van der Waals surface area (Å²) in [7, 11) is -4.10. The first-order valence-electron chi connectivity index (χ1n) is 13.6. The molecule has 1 saturated carbocycles. The van der Waals surface area contributed by atoms with Crippen molar-refractivity contribution in [3.8, 4) is 0 Å². The molecule has 0 bridgehead atoms. The molecule has 1 N–H and O–H groups in total. The maximum absolute atomic E-state index is 14.0. The van der Waals surface area contributed by atoms with Crippen LogP contribution < -0.4 is 9.62 Å². The predicted molar refractivity (Wildman–Crippen MR) is 159 cm³/mol. The van der Waals surface area contributed by atoms with Crippen LogP contribution in [0.2, 0.25) is 5.02 Å². The molecule has 40 heavy (non-hydrogen) atoms. The summed E-state index contributed by atoms with van der Waals surface area (Å²) in [5.41, 5.74) is 2.82. The minimum absolute atomic E-state index is 0.0884. The van der Waals surface area contributed by atoms with Crippen molar-refractivity contribution in [1.82, 2.24) is 10.2 Å². The van der Waals surface area contributed by atoms with Gasteiger partial charge in [-0.15, -0.1) is 0 Å². The predicted octanol–water partition coefficient (Wildman–Crippen LogP) is 5.63. The van der Waals surface area contributed by atoms with Crippen molar-refractivity contribution in [3.05, 3.63) is 94.5 Å². The van der Waals surface area contributed by atoms with E-state index in [1.807, 2.05) is 13.0 Å². The maximum atomic E-state index is 14.0. The van der Waals surface area contributed by atoms with Crippen molar-refractivity contribution in [2.24, 2.45) is 0 Å². The quantitative estimate of drug-likeness (QED) is 0.336. The van der Waals surface area contributed by atoms with Crippen molar-refractivity contribution < 1.29 is 18.0 Å². The van der Waals surface area contributed by atoms with E-state index in [4.69, 9.17) is 11.6 Å². The van der Waals surface area contributed by atoms with Gasteiger partial charge < -0.3 is 10.2 Å². The topological polar surface area (TPSA) is 86.8 Å². The van der Waals surface area contributed by atoms with Gasteiger partial charge in [0.1, 0.15) is 12.6 Å². The van der Waals surface area contributed by atoms with Crippen LogP contribution in [0.3, 0.4) is 0 Å². The molecular weight excluding hydrogens is 546 g/mol. The highest BCUT2D eigenvalue weighted by Crippen LogP contribution is 2.28. The Bertz CT molecular complexity index is 1440. The van der Waals surface area contributed by atoms with Crippen LogP contribution in [0.4, 0.5) is 5.69 Å². The largest absolute Gasteiger partial charge is 0.352 e. The number of nitrogens with one attached hydrogen (secondary N) is 1. The summed E-state index contributed by atoms with van der Waals surface area (Å²) >= 11 is 6.07. The van der Waals surface area contributed by atoms with E-state index >= 15 is 0 Å². The van der Waals surface area contributed by atoms with E-state index in [-0.39, 0.29) is 23.4 Å². The van der Waals surface area contributed by atoms with Crippen LogP contribution in [0.15, 0.2) is 77.7 Å². The summed E-state index contributed by atoms with van der Waals surface area (Å²) in [4.78, 5) is 28.9. The molecule has 1 aliphatic carbocycles.